The van der Waals surface area contributed by atoms with Crippen LogP contribution in [0.25, 0.3) is 0 Å². The molecule has 0 bridgehead atoms. The Morgan fingerprint density at radius 2 is 2.37 bits per heavy atom. The highest BCUT2D eigenvalue weighted by Crippen LogP contribution is 2.21. The maximum atomic E-state index is 12.1. The molecule has 1 heterocycles. The third-order valence-electron chi connectivity index (χ3n) is 3.51. The van der Waals surface area contributed by atoms with Crippen LogP contribution in [0.3, 0.4) is 0 Å². The van der Waals surface area contributed by atoms with Gasteiger partial charge in [-0.25, -0.2) is 0 Å². The number of hydrogen-bond acceptors (Lipinski definition) is 4. The zero-order valence-electron chi connectivity index (χ0n) is 11.5. The molecule has 1 aliphatic heterocycles. The second kappa shape index (κ2) is 5.93. The molecule has 19 heavy (non-hydrogen) atoms. The van der Waals surface area contributed by atoms with E-state index >= 15 is 0 Å². The minimum absolute atomic E-state index is 0.105. The van der Waals surface area contributed by atoms with Crippen molar-refractivity contribution in [3.05, 3.63) is 23.8 Å². The number of nitrogens with one attached hydrogen (secondary N) is 1. The average Bonchev–Trinajstić information content (AvgIpc) is 2.81. The first-order valence-electron chi connectivity index (χ1n) is 6.50. The minimum atomic E-state index is -0.105. The van der Waals surface area contributed by atoms with E-state index < -0.39 is 0 Å². The van der Waals surface area contributed by atoms with E-state index in [4.69, 9.17) is 10.5 Å². The number of methoxy groups -OCH3 is 1. The molecule has 1 aromatic carbocycles. The molecule has 5 heteroatoms. The molecule has 0 aliphatic carbocycles. The Labute approximate surface area is 113 Å². The summed E-state index contributed by atoms with van der Waals surface area (Å²) in [5.74, 6) is 0.946. The summed E-state index contributed by atoms with van der Waals surface area (Å²) in [4.78, 5) is 14.4. The lowest BCUT2D eigenvalue weighted by molar-refractivity contribution is 0.0944. The van der Waals surface area contributed by atoms with E-state index in [0.717, 1.165) is 19.5 Å². The van der Waals surface area contributed by atoms with Gasteiger partial charge < -0.3 is 20.7 Å². The van der Waals surface area contributed by atoms with Crippen LogP contribution in [0.2, 0.25) is 0 Å². The molecule has 1 aromatic rings. The molecule has 5 nitrogen and oxygen atoms in total. The van der Waals surface area contributed by atoms with Crippen LogP contribution in [0.4, 0.5) is 5.69 Å². The Balaban J connectivity index is 1.96. The number of rotatable bonds is 4. The summed E-state index contributed by atoms with van der Waals surface area (Å²) >= 11 is 0. The number of carbonyl (C=O) groups is 1. The molecule has 1 fully saturated rings. The van der Waals surface area contributed by atoms with Crippen molar-refractivity contribution in [2.45, 2.75) is 6.42 Å². The van der Waals surface area contributed by atoms with Crippen molar-refractivity contribution in [1.82, 2.24) is 10.2 Å². The maximum Gasteiger partial charge on any atom is 0.255 e. The normalized spacial score (nSPS) is 19.4. The van der Waals surface area contributed by atoms with Gasteiger partial charge in [0.05, 0.1) is 12.7 Å². The Bertz CT molecular complexity index is 462. The van der Waals surface area contributed by atoms with Gasteiger partial charge in [0, 0.05) is 24.8 Å². The molecule has 1 unspecified atom stereocenters. The SMILES string of the molecule is COc1cc(N)ccc1C(=O)NCC1CCN(C)C1. The molecule has 1 saturated heterocycles. The van der Waals surface area contributed by atoms with E-state index in [1.54, 1.807) is 18.2 Å². The molecule has 1 atom stereocenters. The van der Waals surface area contributed by atoms with Crippen molar-refractivity contribution in [2.75, 3.05) is 39.5 Å². The molecule has 104 valence electrons. The third-order valence-corrected chi connectivity index (χ3v) is 3.51. The van der Waals surface area contributed by atoms with E-state index in [-0.39, 0.29) is 5.91 Å². The number of benzene rings is 1. The number of nitrogen functional groups attached to an aromatic ring is 1. The van der Waals surface area contributed by atoms with Crippen LogP contribution in [-0.4, -0.2) is 44.6 Å². The van der Waals surface area contributed by atoms with Gasteiger partial charge in [-0.3, -0.25) is 4.79 Å². The summed E-state index contributed by atoms with van der Waals surface area (Å²) in [5, 5.41) is 2.97. The molecular weight excluding hydrogens is 242 g/mol. The predicted molar refractivity (Wildman–Crippen MR) is 75.3 cm³/mol. The molecule has 1 aliphatic rings. The van der Waals surface area contributed by atoms with Gasteiger partial charge in [0.2, 0.25) is 0 Å². The molecule has 0 saturated carbocycles. The van der Waals surface area contributed by atoms with Crippen LogP contribution in [-0.2, 0) is 0 Å². The average molecular weight is 263 g/mol. The molecule has 3 N–H and O–H groups in total. The first kappa shape index (κ1) is 13.7. The van der Waals surface area contributed by atoms with E-state index in [1.165, 1.54) is 7.11 Å². The van der Waals surface area contributed by atoms with Gasteiger partial charge in [0.25, 0.3) is 5.91 Å². The predicted octanol–water partition coefficient (Wildman–Crippen LogP) is 0.959. The fraction of sp³-hybridized carbons (Fsp3) is 0.500. The summed E-state index contributed by atoms with van der Waals surface area (Å²) in [6, 6.07) is 5.07. The lowest BCUT2D eigenvalue weighted by atomic mass is 10.1. The number of likely N-dealkylation sites (tertiary alicyclic amines) is 1. The fourth-order valence-corrected chi connectivity index (χ4v) is 2.42. The van der Waals surface area contributed by atoms with Gasteiger partial charge in [0.1, 0.15) is 5.75 Å². The first-order chi connectivity index (χ1) is 9.10. The van der Waals surface area contributed by atoms with Gasteiger partial charge >= 0.3 is 0 Å². The summed E-state index contributed by atoms with van der Waals surface area (Å²) < 4.78 is 5.19. The minimum Gasteiger partial charge on any atom is -0.496 e. The van der Waals surface area contributed by atoms with Crippen molar-refractivity contribution >= 4 is 11.6 Å². The van der Waals surface area contributed by atoms with Crippen LogP contribution < -0.4 is 15.8 Å². The van der Waals surface area contributed by atoms with Crippen LogP contribution in [0.5, 0.6) is 5.75 Å². The lowest BCUT2D eigenvalue weighted by Crippen LogP contribution is -2.30. The molecule has 0 spiro atoms. The Hall–Kier alpha value is -1.75. The molecule has 1 amide bonds. The topological polar surface area (TPSA) is 67.6 Å². The Morgan fingerprint density at radius 1 is 1.58 bits per heavy atom. The van der Waals surface area contributed by atoms with E-state index in [0.29, 0.717) is 29.5 Å². The molecule has 0 radical (unpaired) electrons. The quantitative estimate of drug-likeness (QED) is 0.794. The van der Waals surface area contributed by atoms with Crippen molar-refractivity contribution in [3.63, 3.8) is 0 Å². The monoisotopic (exact) mass is 263 g/mol. The molecular formula is C14H21N3O2. The van der Waals surface area contributed by atoms with Crippen LogP contribution in [0.15, 0.2) is 18.2 Å². The zero-order valence-corrected chi connectivity index (χ0v) is 11.5. The van der Waals surface area contributed by atoms with Gasteiger partial charge in [-0.15, -0.1) is 0 Å². The standard InChI is InChI=1S/C14H21N3O2/c1-17-6-5-10(9-17)8-16-14(18)12-4-3-11(15)7-13(12)19-2/h3-4,7,10H,5-6,8-9,15H2,1-2H3,(H,16,18). The van der Waals surface area contributed by atoms with Gasteiger partial charge in [0.15, 0.2) is 0 Å². The number of nitrogens with zero attached hydrogens (tertiary/aromatic N) is 1. The highest BCUT2D eigenvalue weighted by Gasteiger charge is 2.20. The second-order valence-electron chi connectivity index (χ2n) is 5.09. The largest absolute Gasteiger partial charge is 0.496 e. The van der Waals surface area contributed by atoms with Gasteiger partial charge in [-0.05, 0) is 38.1 Å². The van der Waals surface area contributed by atoms with Crippen LogP contribution in [0.1, 0.15) is 16.8 Å². The zero-order chi connectivity index (χ0) is 13.8. The van der Waals surface area contributed by atoms with Crippen molar-refractivity contribution in [3.8, 4) is 5.75 Å². The number of amides is 1. The number of carbonyl (C=O) groups excluding carboxylic acids is 1. The van der Waals surface area contributed by atoms with E-state index in [9.17, 15) is 4.79 Å². The third kappa shape index (κ3) is 3.38. The summed E-state index contributed by atoms with van der Waals surface area (Å²) in [5.41, 5.74) is 6.79. The smallest absolute Gasteiger partial charge is 0.255 e. The molecule has 2 rings (SSSR count). The number of nitrogens with two attached hydrogens (primary N) is 1. The maximum absolute atomic E-state index is 12.1. The Morgan fingerprint density at radius 3 is 3.00 bits per heavy atom. The Kier molecular flexibility index (Phi) is 4.27. The summed E-state index contributed by atoms with van der Waals surface area (Å²) in [7, 11) is 3.64. The van der Waals surface area contributed by atoms with Crippen molar-refractivity contribution in [1.29, 1.82) is 0 Å². The summed E-state index contributed by atoms with van der Waals surface area (Å²) in [6.45, 7) is 2.85. The highest BCUT2D eigenvalue weighted by atomic mass is 16.5. The fourth-order valence-electron chi connectivity index (χ4n) is 2.42. The summed E-state index contributed by atoms with van der Waals surface area (Å²) in [6.07, 6.45) is 1.13. The number of ether oxygens (including phenoxy) is 1. The first-order valence-corrected chi connectivity index (χ1v) is 6.50. The van der Waals surface area contributed by atoms with Gasteiger partial charge in [-0.2, -0.15) is 0 Å². The lowest BCUT2D eigenvalue weighted by Gasteiger charge is -2.13. The second-order valence-corrected chi connectivity index (χ2v) is 5.09. The van der Waals surface area contributed by atoms with Crippen molar-refractivity contribution in [2.24, 2.45) is 5.92 Å². The molecule has 0 aromatic heterocycles. The number of hydrogen-bond donors (Lipinski definition) is 2. The number of anilines is 1. The van der Waals surface area contributed by atoms with Crippen LogP contribution >= 0.6 is 0 Å². The highest BCUT2D eigenvalue weighted by molar-refractivity contribution is 5.97. The van der Waals surface area contributed by atoms with E-state index in [1.807, 2.05) is 0 Å². The van der Waals surface area contributed by atoms with Gasteiger partial charge in [-0.1, -0.05) is 0 Å². The van der Waals surface area contributed by atoms with E-state index in [2.05, 4.69) is 17.3 Å². The van der Waals surface area contributed by atoms with Crippen LogP contribution in [0, 0.1) is 5.92 Å². The van der Waals surface area contributed by atoms with Crippen molar-refractivity contribution < 1.29 is 9.53 Å².